The molecule has 1 unspecified atom stereocenters. The first kappa shape index (κ1) is 18.6. The molecule has 0 rings (SSSR count). The van der Waals surface area contributed by atoms with Crippen molar-refractivity contribution >= 4 is 33.7 Å². The second kappa shape index (κ2) is 8.71. The van der Waals surface area contributed by atoms with E-state index in [1.807, 2.05) is 0 Å². The van der Waals surface area contributed by atoms with Gasteiger partial charge in [0.2, 0.25) is 5.91 Å². The van der Waals surface area contributed by atoms with Gasteiger partial charge in [-0.2, -0.15) is 0 Å². The standard InChI is InChI=1S/C12H23NO4S2/c1-9(11(15)16-5)13(4)10(14)7-8-12(2,3)18-19-17-6/h9H,7-8H2,1-6H3. The van der Waals surface area contributed by atoms with E-state index in [0.29, 0.717) is 12.8 Å². The zero-order valence-electron chi connectivity index (χ0n) is 12.4. The fourth-order valence-corrected chi connectivity index (χ4v) is 2.74. The number of ether oxygens (including phenoxy) is 1. The van der Waals surface area contributed by atoms with Crippen molar-refractivity contribution in [3.05, 3.63) is 0 Å². The quantitative estimate of drug-likeness (QED) is 0.390. The Balaban J connectivity index is 4.27. The molecule has 19 heavy (non-hydrogen) atoms. The van der Waals surface area contributed by atoms with Crippen molar-refractivity contribution in [2.75, 3.05) is 21.3 Å². The highest BCUT2D eigenvalue weighted by Crippen LogP contribution is 2.38. The third-order valence-corrected chi connectivity index (χ3v) is 5.61. The number of esters is 1. The molecular weight excluding hydrogens is 286 g/mol. The molecule has 0 aromatic heterocycles. The highest BCUT2D eigenvalue weighted by atomic mass is 33.1. The molecular formula is C12H23NO4S2. The molecule has 0 spiro atoms. The lowest BCUT2D eigenvalue weighted by Crippen LogP contribution is -2.41. The minimum absolute atomic E-state index is 0.0611. The Morgan fingerprint density at radius 2 is 1.89 bits per heavy atom. The largest absolute Gasteiger partial charge is 0.467 e. The monoisotopic (exact) mass is 309 g/mol. The summed E-state index contributed by atoms with van der Waals surface area (Å²) in [7, 11) is 6.14. The third kappa shape index (κ3) is 7.08. The summed E-state index contributed by atoms with van der Waals surface area (Å²) in [6, 6.07) is -0.554. The van der Waals surface area contributed by atoms with E-state index in [4.69, 9.17) is 4.18 Å². The molecule has 0 bridgehead atoms. The number of hydrogen-bond donors (Lipinski definition) is 0. The first-order valence-corrected chi connectivity index (χ1v) is 8.04. The van der Waals surface area contributed by atoms with Crippen LogP contribution < -0.4 is 0 Å². The average Bonchev–Trinajstić information content (AvgIpc) is 2.40. The van der Waals surface area contributed by atoms with Gasteiger partial charge in [0.15, 0.2) is 0 Å². The number of carbonyl (C=O) groups excluding carboxylic acids is 2. The molecule has 112 valence electrons. The van der Waals surface area contributed by atoms with E-state index < -0.39 is 12.0 Å². The number of likely N-dealkylation sites (N-methyl/N-ethyl adjacent to an activating group) is 1. The smallest absolute Gasteiger partial charge is 0.328 e. The summed E-state index contributed by atoms with van der Waals surface area (Å²) in [5.74, 6) is -0.464. The van der Waals surface area contributed by atoms with Crippen LogP contribution >= 0.6 is 21.9 Å². The van der Waals surface area contributed by atoms with E-state index in [1.54, 1.807) is 31.9 Å². The summed E-state index contributed by atoms with van der Waals surface area (Å²) in [5, 5.41) is 0. The summed E-state index contributed by atoms with van der Waals surface area (Å²) in [5.41, 5.74) is 0. The number of amides is 1. The Morgan fingerprint density at radius 3 is 2.37 bits per heavy atom. The molecule has 0 saturated carbocycles. The lowest BCUT2D eigenvalue weighted by Gasteiger charge is -2.26. The molecule has 0 saturated heterocycles. The second-order valence-corrected chi connectivity index (χ2v) is 7.43. The zero-order chi connectivity index (χ0) is 15.1. The predicted molar refractivity (Wildman–Crippen MR) is 79.8 cm³/mol. The molecule has 1 atom stereocenters. The van der Waals surface area contributed by atoms with Crippen LogP contribution in [0.25, 0.3) is 0 Å². The van der Waals surface area contributed by atoms with E-state index in [0.717, 1.165) is 0 Å². The number of carbonyl (C=O) groups is 2. The summed E-state index contributed by atoms with van der Waals surface area (Å²) < 4.78 is 9.50. The van der Waals surface area contributed by atoms with E-state index >= 15 is 0 Å². The summed E-state index contributed by atoms with van der Waals surface area (Å²) in [6.07, 6.45) is 1.10. The minimum Gasteiger partial charge on any atom is -0.467 e. The van der Waals surface area contributed by atoms with Gasteiger partial charge in [0, 0.05) is 18.2 Å². The molecule has 0 fully saturated rings. The van der Waals surface area contributed by atoms with Gasteiger partial charge < -0.3 is 13.8 Å². The van der Waals surface area contributed by atoms with Crippen molar-refractivity contribution in [3.63, 3.8) is 0 Å². The van der Waals surface area contributed by atoms with Crippen molar-refractivity contribution in [3.8, 4) is 0 Å². The molecule has 0 aromatic carbocycles. The van der Waals surface area contributed by atoms with Crippen LogP contribution in [0.4, 0.5) is 0 Å². The van der Waals surface area contributed by atoms with Gasteiger partial charge in [0.05, 0.1) is 25.3 Å². The van der Waals surface area contributed by atoms with Gasteiger partial charge in [-0.05, 0) is 27.2 Å². The molecule has 0 aromatic rings. The van der Waals surface area contributed by atoms with Crippen LogP contribution in [0.15, 0.2) is 0 Å². The van der Waals surface area contributed by atoms with Crippen molar-refractivity contribution in [2.24, 2.45) is 0 Å². The fourth-order valence-electron chi connectivity index (χ4n) is 1.30. The molecule has 0 radical (unpaired) electrons. The topological polar surface area (TPSA) is 55.8 Å². The molecule has 0 heterocycles. The average molecular weight is 309 g/mol. The third-order valence-electron chi connectivity index (χ3n) is 2.79. The Hall–Kier alpha value is -0.400. The molecule has 1 amide bonds. The van der Waals surface area contributed by atoms with Gasteiger partial charge in [0.1, 0.15) is 6.04 Å². The van der Waals surface area contributed by atoms with Crippen LogP contribution in [-0.2, 0) is 18.5 Å². The van der Waals surface area contributed by atoms with Gasteiger partial charge in [0.25, 0.3) is 0 Å². The SMILES string of the molecule is COSSC(C)(C)CCC(=O)N(C)C(C)C(=O)OC. The Labute approximate surface area is 123 Å². The van der Waals surface area contributed by atoms with E-state index in [1.165, 1.54) is 23.1 Å². The summed E-state index contributed by atoms with van der Waals surface area (Å²) in [4.78, 5) is 24.8. The van der Waals surface area contributed by atoms with Crippen LogP contribution in [0.2, 0.25) is 0 Å². The van der Waals surface area contributed by atoms with Crippen LogP contribution in [0.5, 0.6) is 0 Å². The fraction of sp³-hybridized carbons (Fsp3) is 0.833. The highest BCUT2D eigenvalue weighted by molar-refractivity contribution is 8.75. The first-order valence-electron chi connectivity index (χ1n) is 5.97. The maximum atomic E-state index is 12.0. The van der Waals surface area contributed by atoms with Gasteiger partial charge in [-0.3, -0.25) is 4.79 Å². The van der Waals surface area contributed by atoms with Crippen molar-refractivity contribution in [2.45, 2.75) is 44.4 Å². The van der Waals surface area contributed by atoms with E-state index in [-0.39, 0.29) is 10.7 Å². The highest BCUT2D eigenvalue weighted by Gasteiger charge is 2.26. The molecule has 7 heteroatoms. The molecule has 0 aliphatic heterocycles. The van der Waals surface area contributed by atoms with Gasteiger partial charge in [-0.25, -0.2) is 4.79 Å². The van der Waals surface area contributed by atoms with E-state index in [2.05, 4.69) is 18.6 Å². The van der Waals surface area contributed by atoms with Crippen LogP contribution in [-0.4, -0.2) is 48.8 Å². The Bertz CT molecular complexity index is 310. The summed E-state index contributed by atoms with van der Waals surface area (Å²) >= 11 is 1.31. The molecule has 0 aliphatic rings. The van der Waals surface area contributed by atoms with Crippen molar-refractivity contribution in [1.29, 1.82) is 0 Å². The zero-order valence-corrected chi connectivity index (χ0v) is 14.0. The summed E-state index contributed by atoms with van der Waals surface area (Å²) in [6.45, 7) is 5.77. The lowest BCUT2D eigenvalue weighted by molar-refractivity contribution is -0.151. The number of rotatable bonds is 8. The number of nitrogens with zero attached hydrogens (tertiary/aromatic N) is 1. The Morgan fingerprint density at radius 1 is 1.32 bits per heavy atom. The van der Waals surface area contributed by atoms with Crippen LogP contribution in [0.1, 0.15) is 33.6 Å². The lowest BCUT2D eigenvalue weighted by atomic mass is 10.1. The van der Waals surface area contributed by atoms with Gasteiger partial charge in [-0.15, -0.1) is 0 Å². The molecule has 0 aliphatic carbocycles. The Kier molecular flexibility index (Phi) is 8.52. The maximum absolute atomic E-state index is 12.0. The normalized spacial score (nSPS) is 12.9. The predicted octanol–water partition coefficient (Wildman–Crippen LogP) is 2.51. The molecule has 5 nitrogen and oxygen atoms in total. The number of hydrogen-bond acceptors (Lipinski definition) is 6. The first-order chi connectivity index (χ1) is 8.75. The maximum Gasteiger partial charge on any atom is 0.328 e. The van der Waals surface area contributed by atoms with Crippen LogP contribution in [0, 0.1) is 0 Å². The van der Waals surface area contributed by atoms with Crippen molar-refractivity contribution < 1.29 is 18.5 Å². The second-order valence-electron chi connectivity index (χ2n) is 4.78. The minimum atomic E-state index is -0.554. The van der Waals surface area contributed by atoms with E-state index in [9.17, 15) is 9.59 Å². The number of methoxy groups -OCH3 is 1. The molecule has 0 N–H and O–H groups in total. The van der Waals surface area contributed by atoms with Gasteiger partial charge in [-0.1, -0.05) is 10.8 Å². The van der Waals surface area contributed by atoms with Crippen LogP contribution in [0.3, 0.4) is 0 Å². The van der Waals surface area contributed by atoms with Crippen molar-refractivity contribution in [1.82, 2.24) is 4.90 Å². The van der Waals surface area contributed by atoms with Gasteiger partial charge >= 0.3 is 5.97 Å².